The average Bonchev–Trinajstić information content (AvgIpc) is 3.08. The van der Waals surface area contributed by atoms with Gasteiger partial charge in [0.05, 0.1) is 18.2 Å². The van der Waals surface area contributed by atoms with Crippen LogP contribution in [0.1, 0.15) is 113 Å². The molecule has 0 aromatic heterocycles. The van der Waals surface area contributed by atoms with Gasteiger partial charge in [-0.15, -0.1) is 0 Å². The van der Waals surface area contributed by atoms with Crippen LogP contribution in [-0.2, 0) is 9.53 Å². The van der Waals surface area contributed by atoms with Crippen LogP contribution in [0.25, 0.3) is 0 Å². The van der Waals surface area contributed by atoms with Gasteiger partial charge in [0.1, 0.15) is 6.10 Å². The molecule has 0 radical (unpaired) electrons. The Bertz CT molecular complexity index is 830. The minimum absolute atomic E-state index is 0.0140. The number of carbonyl (C=O) groups excluding carboxylic acids is 1. The number of aliphatic hydroxyl groups is 1. The van der Waals surface area contributed by atoms with Crippen LogP contribution in [0.3, 0.4) is 0 Å². The normalized spacial score (nSPS) is 42.0. The van der Waals surface area contributed by atoms with E-state index in [1.165, 1.54) is 18.4 Å². The van der Waals surface area contributed by atoms with Crippen LogP contribution < -0.4 is 0 Å². The Morgan fingerprint density at radius 1 is 1.17 bits per heavy atom. The van der Waals surface area contributed by atoms with E-state index < -0.39 is 5.41 Å². The number of ether oxygens (including phenoxy) is 1. The Morgan fingerprint density at radius 3 is 2.56 bits per heavy atom. The lowest BCUT2D eigenvalue weighted by molar-refractivity contribution is -0.161. The Morgan fingerprint density at radius 2 is 1.89 bits per heavy atom. The summed E-state index contributed by atoms with van der Waals surface area (Å²) in [6, 6.07) is 0. The van der Waals surface area contributed by atoms with Crippen LogP contribution >= 0.6 is 0 Å². The smallest absolute Gasteiger partial charge is 0.311 e. The first-order chi connectivity index (χ1) is 16.8. The van der Waals surface area contributed by atoms with Gasteiger partial charge < -0.3 is 9.84 Å². The van der Waals surface area contributed by atoms with Crippen molar-refractivity contribution in [3.8, 4) is 0 Å². The third-order valence-electron chi connectivity index (χ3n) is 11.3. The fraction of sp³-hybridized carbons (Fsp3) is 0.906. The minimum atomic E-state index is -0.455. The molecule has 206 valence electrons. The summed E-state index contributed by atoms with van der Waals surface area (Å²) >= 11 is 0. The van der Waals surface area contributed by atoms with Gasteiger partial charge >= 0.3 is 5.97 Å². The average molecular weight is 505 g/mol. The molecule has 4 rings (SSSR count). The molecule has 0 bridgehead atoms. The van der Waals surface area contributed by atoms with Gasteiger partial charge in [0.2, 0.25) is 0 Å². The van der Waals surface area contributed by atoms with Crippen molar-refractivity contribution >= 4 is 5.97 Å². The van der Waals surface area contributed by atoms with E-state index in [2.05, 4.69) is 26.8 Å². The molecule has 0 amide bonds. The lowest BCUT2D eigenvalue weighted by Gasteiger charge is -2.58. The molecule has 0 aromatic rings. The van der Waals surface area contributed by atoms with E-state index in [1.54, 1.807) is 0 Å². The van der Waals surface area contributed by atoms with E-state index in [0.29, 0.717) is 29.6 Å². The molecule has 3 nitrogen and oxygen atoms in total. The summed E-state index contributed by atoms with van der Waals surface area (Å²) in [6.45, 7) is 14.9. The predicted octanol–water partition coefficient (Wildman–Crippen LogP) is 7.91. The van der Waals surface area contributed by atoms with Crippen LogP contribution in [-0.4, -0.2) is 30.0 Å². The summed E-state index contributed by atoms with van der Waals surface area (Å²) in [7, 11) is 0. The van der Waals surface area contributed by atoms with Gasteiger partial charge in [-0.3, -0.25) is 9.18 Å². The van der Waals surface area contributed by atoms with E-state index in [1.807, 2.05) is 27.7 Å². The molecule has 4 aliphatic carbocycles. The molecule has 0 saturated heterocycles. The maximum atomic E-state index is 12.9. The van der Waals surface area contributed by atoms with Crippen molar-refractivity contribution in [1.82, 2.24) is 0 Å². The second-order valence-electron chi connectivity index (χ2n) is 14.8. The van der Waals surface area contributed by atoms with Crippen LogP contribution in [0.2, 0.25) is 0 Å². The molecular weight excluding hydrogens is 451 g/mol. The summed E-state index contributed by atoms with van der Waals surface area (Å²) in [5.74, 6) is 2.80. The largest absolute Gasteiger partial charge is 0.462 e. The van der Waals surface area contributed by atoms with Crippen molar-refractivity contribution in [1.29, 1.82) is 0 Å². The number of alkyl halides is 1. The topological polar surface area (TPSA) is 46.5 Å². The summed E-state index contributed by atoms with van der Waals surface area (Å²) in [6.07, 6.45) is 12.9. The predicted molar refractivity (Wildman–Crippen MR) is 144 cm³/mol. The van der Waals surface area contributed by atoms with Gasteiger partial charge in [-0.05, 0) is 112 Å². The molecule has 0 aromatic carbocycles. The number of carbonyl (C=O) groups is 1. The molecule has 4 aliphatic rings. The monoisotopic (exact) mass is 504 g/mol. The molecule has 36 heavy (non-hydrogen) atoms. The van der Waals surface area contributed by atoms with Crippen molar-refractivity contribution in [2.75, 3.05) is 6.67 Å². The highest BCUT2D eigenvalue weighted by Gasteiger charge is 2.61. The minimum Gasteiger partial charge on any atom is -0.462 e. The molecule has 0 aliphatic heterocycles. The molecule has 10 atom stereocenters. The van der Waals surface area contributed by atoms with Gasteiger partial charge in [0, 0.05) is 6.42 Å². The Labute approximate surface area is 220 Å². The van der Waals surface area contributed by atoms with E-state index in [9.17, 15) is 14.3 Å². The zero-order chi connectivity index (χ0) is 26.5. The molecule has 0 spiro atoms. The van der Waals surface area contributed by atoms with Crippen molar-refractivity contribution in [2.24, 2.45) is 51.8 Å². The number of rotatable bonds is 7. The van der Waals surface area contributed by atoms with Crippen LogP contribution in [0.4, 0.5) is 4.39 Å². The molecule has 2 unspecified atom stereocenters. The van der Waals surface area contributed by atoms with Gasteiger partial charge in [-0.25, -0.2) is 0 Å². The van der Waals surface area contributed by atoms with Gasteiger partial charge in [-0.1, -0.05) is 52.2 Å². The Hall–Kier alpha value is -0.900. The van der Waals surface area contributed by atoms with E-state index in [0.717, 1.165) is 51.4 Å². The fourth-order valence-corrected chi connectivity index (χ4v) is 9.18. The molecule has 0 heterocycles. The molecule has 4 heteroatoms. The molecule has 3 saturated carbocycles. The second kappa shape index (κ2) is 10.3. The highest BCUT2D eigenvalue weighted by atomic mass is 19.1. The number of halogens is 1. The standard InChI is InChI=1S/C32H53FO3/c1-20(19-33)9-8-10-21(2)28-27(34)18-26-24-12-11-22-17-23(36-29(35)30(3,4)5)13-15-31(22,6)25(24)14-16-32(26,28)7/h11,20-21,23-28,34H,8-10,12-19H2,1-7H3/t20-,21-,23+,24?,25?,26+,27+,28+,31+,32+/m1/s1. The lowest BCUT2D eigenvalue weighted by Crippen LogP contribution is -2.51. The molecule has 3 fully saturated rings. The first kappa shape index (κ1) is 28.1. The zero-order valence-corrected chi connectivity index (χ0v) is 24.1. The second-order valence-corrected chi connectivity index (χ2v) is 14.8. The van der Waals surface area contributed by atoms with Gasteiger partial charge in [0.25, 0.3) is 0 Å². The fourth-order valence-electron chi connectivity index (χ4n) is 9.18. The van der Waals surface area contributed by atoms with Crippen LogP contribution in [0.15, 0.2) is 11.6 Å². The number of hydrogen-bond acceptors (Lipinski definition) is 3. The van der Waals surface area contributed by atoms with E-state index in [-0.39, 0.29) is 41.6 Å². The molecule has 1 N–H and O–H groups in total. The van der Waals surface area contributed by atoms with E-state index in [4.69, 9.17) is 4.74 Å². The summed E-state index contributed by atoms with van der Waals surface area (Å²) in [4.78, 5) is 12.5. The number of fused-ring (bicyclic) bond motifs is 5. The maximum Gasteiger partial charge on any atom is 0.311 e. The van der Waals surface area contributed by atoms with E-state index >= 15 is 0 Å². The van der Waals surface area contributed by atoms with Crippen molar-refractivity contribution < 1.29 is 19.0 Å². The zero-order valence-electron chi connectivity index (χ0n) is 24.1. The van der Waals surface area contributed by atoms with Crippen molar-refractivity contribution in [3.05, 3.63) is 11.6 Å². The van der Waals surface area contributed by atoms with Crippen molar-refractivity contribution in [2.45, 2.75) is 125 Å². The highest BCUT2D eigenvalue weighted by Crippen LogP contribution is 2.67. The van der Waals surface area contributed by atoms with Crippen molar-refractivity contribution in [3.63, 3.8) is 0 Å². The highest BCUT2D eigenvalue weighted by molar-refractivity contribution is 5.75. The summed E-state index contributed by atoms with van der Waals surface area (Å²) < 4.78 is 18.9. The number of hydrogen-bond donors (Lipinski definition) is 1. The van der Waals surface area contributed by atoms with Crippen LogP contribution in [0, 0.1) is 51.8 Å². The Kier molecular flexibility index (Phi) is 8.08. The first-order valence-corrected chi connectivity index (χ1v) is 15.0. The molecular formula is C32H53FO3. The third kappa shape index (κ3) is 5.06. The lowest BCUT2D eigenvalue weighted by atomic mass is 9.47. The number of aliphatic hydroxyl groups excluding tert-OH is 1. The Balaban J connectivity index is 1.46. The quantitative estimate of drug-likeness (QED) is 0.283. The maximum absolute atomic E-state index is 12.9. The van der Waals surface area contributed by atoms with Gasteiger partial charge in [0.15, 0.2) is 0 Å². The SMILES string of the molecule is C[C@@H](CF)CCC[C@@H](C)[C@H]1[C@@H](O)C[C@H]2C3CC=C4C[C@@H](OC(=O)C(C)(C)C)CC[C@]4(C)C3CC[C@]12C. The third-order valence-corrected chi connectivity index (χ3v) is 11.3. The van der Waals surface area contributed by atoms with Crippen LogP contribution in [0.5, 0.6) is 0 Å². The summed E-state index contributed by atoms with van der Waals surface area (Å²) in [5.41, 5.74) is 1.47. The number of allylic oxidation sites excluding steroid dienone is 1. The summed E-state index contributed by atoms with van der Waals surface area (Å²) in [5, 5.41) is 11.4. The first-order valence-electron chi connectivity index (χ1n) is 15.0. The van der Waals surface area contributed by atoms with Gasteiger partial charge in [-0.2, -0.15) is 0 Å². The number of esters is 1.